The summed E-state index contributed by atoms with van der Waals surface area (Å²) < 4.78 is 16.3. The highest BCUT2D eigenvalue weighted by Crippen LogP contribution is 2.33. The maximum Gasteiger partial charge on any atom is 0.418 e. The third-order valence-electron chi connectivity index (χ3n) is 5.00. The lowest BCUT2D eigenvalue weighted by molar-refractivity contribution is -0.293. The average Bonchev–Trinajstić information content (AvgIpc) is 2.78. The molecule has 0 radical (unpaired) electrons. The summed E-state index contributed by atoms with van der Waals surface area (Å²) in [6, 6.07) is 22.3. The molecule has 2 unspecified atom stereocenters. The van der Waals surface area contributed by atoms with Gasteiger partial charge in [-0.25, -0.2) is 4.79 Å². The number of carbonyl (C=O) groups is 3. The van der Waals surface area contributed by atoms with E-state index >= 15 is 0 Å². The molecule has 0 bridgehead atoms. The van der Waals surface area contributed by atoms with Gasteiger partial charge >= 0.3 is 17.9 Å². The molecule has 1 aliphatic heterocycles. The van der Waals surface area contributed by atoms with E-state index in [2.05, 4.69) is 0 Å². The van der Waals surface area contributed by atoms with Gasteiger partial charge in [0.1, 0.15) is 11.3 Å². The van der Waals surface area contributed by atoms with E-state index in [1.807, 2.05) is 6.07 Å². The van der Waals surface area contributed by atoms with E-state index in [1.54, 1.807) is 79.7 Å². The molecule has 3 aromatic carbocycles. The van der Waals surface area contributed by atoms with Crippen LogP contribution in [0.15, 0.2) is 78.9 Å². The number of esters is 2. The van der Waals surface area contributed by atoms with Gasteiger partial charge in [0.05, 0.1) is 12.8 Å². The largest absolute Gasteiger partial charge is 0.420 e. The van der Waals surface area contributed by atoms with Crippen LogP contribution < -0.4 is 4.74 Å². The Labute approximate surface area is 179 Å². The fourth-order valence-electron chi connectivity index (χ4n) is 3.32. The summed E-state index contributed by atoms with van der Waals surface area (Å²) in [4.78, 5) is 37.8. The van der Waals surface area contributed by atoms with Crippen LogP contribution >= 0.6 is 0 Å². The zero-order chi connectivity index (χ0) is 22.0. The van der Waals surface area contributed by atoms with Crippen molar-refractivity contribution < 1.29 is 28.6 Å². The lowest BCUT2D eigenvalue weighted by Gasteiger charge is -2.33. The van der Waals surface area contributed by atoms with Gasteiger partial charge in [0.15, 0.2) is 5.78 Å². The minimum Gasteiger partial charge on any atom is -0.420 e. The van der Waals surface area contributed by atoms with E-state index in [1.165, 1.54) is 6.92 Å². The summed E-state index contributed by atoms with van der Waals surface area (Å²) in [5.41, 5.74) is 1.88. The molecule has 0 fully saturated rings. The Balaban J connectivity index is 1.51. The lowest BCUT2D eigenvalue weighted by atomic mass is 9.96. The summed E-state index contributed by atoms with van der Waals surface area (Å²) in [6.45, 7) is 3.01. The molecular weight excluding hydrogens is 396 g/mol. The van der Waals surface area contributed by atoms with E-state index in [-0.39, 0.29) is 17.1 Å². The first kappa shape index (κ1) is 20.3. The van der Waals surface area contributed by atoms with Gasteiger partial charge in [-0.3, -0.25) is 9.59 Å². The number of hydrogen-bond donors (Lipinski definition) is 0. The van der Waals surface area contributed by atoms with Crippen LogP contribution in [0, 0.1) is 0 Å². The molecule has 0 spiro atoms. The standard InChI is InChI=1S/C25H20O6/c1-16(18-11-8-12-19(15-18)22(26)17-9-4-3-5-10-17)23(27)30-25(2)29-21-14-7-6-13-20(21)24(28)31-25/h3-16H,1-2H3. The lowest BCUT2D eigenvalue weighted by Crippen LogP contribution is -2.46. The summed E-state index contributed by atoms with van der Waals surface area (Å²) in [6.07, 6.45) is 0. The van der Waals surface area contributed by atoms with Gasteiger partial charge in [-0.1, -0.05) is 60.7 Å². The molecule has 0 aliphatic carbocycles. The molecule has 0 aromatic heterocycles. The second kappa shape index (κ2) is 8.07. The Morgan fingerprint density at radius 3 is 2.32 bits per heavy atom. The van der Waals surface area contributed by atoms with Crippen molar-refractivity contribution in [3.05, 3.63) is 101 Å². The summed E-state index contributed by atoms with van der Waals surface area (Å²) in [5, 5.41) is 0. The molecule has 1 heterocycles. The third kappa shape index (κ3) is 4.19. The molecule has 6 nitrogen and oxygen atoms in total. The monoisotopic (exact) mass is 416 g/mol. The average molecular weight is 416 g/mol. The molecule has 31 heavy (non-hydrogen) atoms. The summed E-state index contributed by atoms with van der Waals surface area (Å²) in [5.74, 6) is -3.76. The number of ketones is 1. The van der Waals surface area contributed by atoms with Crippen molar-refractivity contribution in [2.45, 2.75) is 25.7 Å². The van der Waals surface area contributed by atoms with Crippen molar-refractivity contribution in [3.8, 4) is 5.75 Å². The highest BCUT2D eigenvalue weighted by molar-refractivity contribution is 6.09. The zero-order valence-electron chi connectivity index (χ0n) is 17.0. The molecule has 0 amide bonds. The fourth-order valence-corrected chi connectivity index (χ4v) is 3.32. The van der Waals surface area contributed by atoms with Gasteiger partial charge in [-0.2, -0.15) is 0 Å². The van der Waals surface area contributed by atoms with Crippen LogP contribution in [0.2, 0.25) is 0 Å². The van der Waals surface area contributed by atoms with Gasteiger partial charge < -0.3 is 14.2 Å². The van der Waals surface area contributed by atoms with Crippen molar-refractivity contribution in [1.82, 2.24) is 0 Å². The predicted molar refractivity (Wildman–Crippen MR) is 112 cm³/mol. The minimum absolute atomic E-state index is 0.142. The van der Waals surface area contributed by atoms with E-state index in [0.29, 0.717) is 16.7 Å². The van der Waals surface area contributed by atoms with Crippen molar-refractivity contribution in [2.75, 3.05) is 0 Å². The van der Waals surface area contributed by atoms with Crippen LogP contribution in [0.3, 0.4) is 0 Å². The molecular formula is C25H20O6. The van der Waals surface area contributed by atoms with Crippen molar-refractivity contribution in [1.29, 1.82) is 0 Å². The Kier molecular flexibility index (Phi) is 5.29. The van der Waals surface area contributed by atoms with Crippen molar-refractivity contribution >= 4 is 17.7 Å². The van der Waals surface area contributed by atoms with Gasteiger partial charge in [0.2, 0.25) is 0 Å². The molecule has 0 saturated carbocycles. The molecule has 2 atom stereocenters. The first-order chi connectivity index (χ1) is 14.9. The number of benzene rings is 3. The Bertz CT molecular complexity index is 1150. The van der Waals surface area contributed by atoms with E-state index < -0.39 is 23.8 Å². The molecule has 0 saturated heterocycles. The number of cyclic esters (lactones) is 1. The predicted octanol–water partition coefficient (Wildman–Crippen LogP) is 4.49. The van der Waals surface area contributed by atoms with Crippen LogP contribution in [0.1, 0.15) is 51.6 Å². The highest BCUT2D eigenvalue weighted by Gasteiger charge is 2.43. The van der Waals surface area contributed by atoms with Gasteiger partial charge in [0, 0.05) is 11.1 Å². The number of para-hydroxylation sites is 1. The number of carbonyl (C=O) groups excluding carboxylic acids is 3. The molecule has 4 rings (SSSR count). The van der Waals surface area contributed by atoms with E-state index in [9.17, 15) is 14.4 Å². The topological polar surface area (TPSA) is 78.9 Å². The number of rotatable bonds is 5. The van der Waals surface area contributed by atoms with Crippen LogP contribution in [-0.2, 0) is 14.3 Å². The number of hydrogen-bond acceptors (Lipinski definition) is 6. The molecule has 1 aliphatic rings. The van der Waals surface area contributed by atoms with Gasteiger partial charge in [-0.15, -0.1) is 0 Å². The maximum atomic E-state index is 12.8. The molecule has 156 valence electrons. The number of fused-ring (bicyclic) bond motifs is 1. The van der Waals surface area contributed by atoms with Crippen LogP contribution in [0.25, 0.3) is 0 Å². The highest BCUT2D eigenvalue weighted by atomic mass is 16.9. The smallest absolute Gasteiger partial charge is 0.418 e. The first-order valence-corrected chi connectivity index (χ1v) is 9.80. The first-order valence-electron chi connectivity index (χ1n) is 9.80. The Morgan fingerprint density at radius 1 is 0.871 bits per heavy atom. The maximum absolute atomic E-state index is 12.8. The fraction of sp³-hybridized carbons (Fsp3) is 0.160. The second-order valence-corrected chi connectivity index (χ2v) is 7.31. The second-order valence-electron chi connectivity index (χ2n) is 7.31. The Hall–Kier alpha value is -3.93. The number of ether oxygens (including phenoxy) is 3. The molecule has 3 aromatic rings. The van der Waals surface area contributed by atoms with Crippen LogP contribution in [0.4, 0.5) is 0 Å². The normalized spacial score (nSPS) is 18.2. The zero-order valence-corrected chi connectivity index (χ0v) is 17.0. The van der Waals surface area contributed by atoms with Gasteiger partial charge in [-0.05, 0) is 30.7 Å². The quantitative estimate of drug-likeness (QED) is 0.451. The molecule has 0 N–H and O–H groups in total. The van der Waals surface area contributed by atoms with E-state index in [4.69, 9.17) is 14.2 Å². The summed E-state index contributed by atoms with van der Waals surface area (Å²) >= 11 is 0. The Morgan fingerprint density at radius 2 is 1.55 bits per heavy atom. The van der Waals surface area contributed by atoms with Crippen molar-refractivity contribution in [2.24, 2.45) is 0 Å². The summed E-state index contributed by atoms with van der Waals surface area (Å²) in [7, 11) is 0. The SMILES string of the molecule is CC(C(=O)OC1(C)OC(=O)c2ccccc2O1)c1cccc(C(=O)c2ccccc2)c1. The van der Waals surface area contributed by atoms with Crippen LogP contribution in [0.5, 0.6) is 5.75 Å². The van der Waals surface area contributed by atoms with Crippen LogP contribution in [-0.4, -0.2) is 23.7 Å². The van der Waals surface area contributed by atoms with E-state index in [0.717, 1.165) is 0 Å². The minimum atomic E-state index is -1.88. The van der Waals surface area contributed by atoms with Crippen molar-refractivity contribution in [3.63, 3.8) is 0 Å². The van der Waals surface area contributed by atoms with Gasteiger partial charge in [0.25, 0.3) is 0 Å². The molecule has 6 heteroatoms. The third-order valence-corrected chi connectivity index (χ3v) is 5.00.